The zero-order valence-electron chi connectivity index (χ0n) is 11.3. The van der Waals surface area contributed by atoms with E-state index in [1.54, 1.807) is 0 Å². The molecule has 0 bridgehead atoms. The van der Waals surface area contributed by atoms with Gasteiger partial charge in [0.05, 0.1) is 6.10 Å². The molecule has 2 heteroatoms. The monoisotopic (exact) mass is 233 g/mol. The first-order valence-electron chi connectivity index (χ1n) is 6.52. The molecule has 94 valence electrons. The Morgan fingerprint density at radius 3 is 2.76 bits per heavy atom. The van der Waals surface area contributed by atoms with E-state index in [9.17, 15) is 0 Å². The molecule has 1 N–H and O–H groups in total. The lowest BCUT2D eigenvalue weighted by molar-refractivity contribution is 0.111. The quantitative estimate of drug-likeness (QED) is 0.866. The summed E-state index contributed by atoms with van der Waals surface area (Å²) in [6.45, 7) is 9.62. The molecular formula is C15H23NO. The van der Waals surface area contributed by atoms with E-state index < -0.39 is 0 Å². The van der Waals surface area contributed by atoms with Crippen LogP contribution in [0.1, 0.15) is 43.0 Å². The highest BCUT2D eigenvalue weighted by atomic mass is 16.5. The van der Waals surface area contributed by atoms with Gasteiger partial charge in [0.2, 0.25) is 0 Å². The smallest absolute Gasteiger partial charge is 0.0700 e. The molecule has 1 aliphatic rings. The Kier molecular flexibility index (Phi) is 3.85. The van der Waals surface area contributed by atoms with Crippen molar-refractivity contribution in [2.45, 2.75) is 52.3 Å². The average molecular weight is 233 g/mol. The van der Waals surface area contributed by atoms with Crippen LogP contribution in [0.5, 0.6) is 0 Å². The van der Waals surface area contributed by atoms with Crippen LogP contribution in [0.15, 0.2) is 18.2 Å². The molecule has 0 spiro atoms. The second-order valence-corrected chi connectivity index (χ2v) is 5.22. The minimum absolute atomic E-state index is 0.336. The maximum absolute atomic E-state index is 5.59. The van der Waals surface area contributed by atoms with E-state index in [4.69, 9.17) is 4.74 Å². The van der Waals surface area contributed by atoms with Gasteiger partial charge in [-0.1, -0.05) is 23.8 Å². The molecule has 3 atom stereocenters. The van der Waals surface area contributed by atoms with Crippen molar-refractivity contribution in [2.75, 3.05) is 6.61 Å². The lowest BCUT2D eigenvalue weighted by atomic mass is 9.98. The lowest BCUT2D eigenvalue weighted by Crippen LogP contribution is -2.36. The second-order valence-electron chi connectivity index (χ2n) is 5.22. The van der Waals surface area contributed by atoms with Crippen molar-refractivity contribution < 1.29 is 4.74 Å². The second kappa shape index (κ2) is 5.19. The Balaban J connectivity index is 2.08. The van der Waals surface area contributed by atoms with Gasteiger partial charge in [-0.25, -0.2) is 0 Å². The van der Waals surface area contributed by atoms with Crippen molar-refractivity contribution in [1.29, 1.82) is 0 Å². The minimum Gasteiger partial charge on any atom is -0.377 e. The lowest BCUT2D eigenvalue weighted by Gasteiger charge is -2.23. The number of benzene rings is 1. The van der Waals surface area contributed by atoms with E-state index in [0.717, 1.165) is 13.0 Å². The molecule has 0 aromatic heterocycles. The Labute approximate surface area is 104 Å². The van der Waals surface area contributed by atoms with Crippen molar-refractivity contribution in [3.8, 4) is 0 Å². The number of nitrogens with one attached hydrogen (secondary N) is 1. The maximum atomic E-state index is 5.59. The molecule has 0 amide bonds. The van der Waals surface area contributed by atoms with Crippen LogP contribution in [0.3, 0.4) is 0 Å². The molecule has 3 unspecified atom stereocenters. The van der Waals surface area contributed by atoms with E-state index in [1.165, 1.54) is 16.7 Å². The third-order valence-corrected chi connectivity index (χ3v) is 3.74. The first kappa shape index (κ1) is 12.6. The number of rotatable bonds is 3. The summed E-state index contributed by atoms with van der Waals surface area (Å²) in [5.74, 6) is 0. The van der Waals surface area contributed by atoms with Gasteiger partial charge in [0.1, 0.15) is 0 Å². The van der Waals surface area contributed by atoms with Crippen LogP contribution >= 0.6 is 0 Å². The summed E-state index contributed by atoms with van der Waals surface area (Å²) in [5, 5.41) is 3.69. The highest BCUT2D eigenvalue weighted by Crippen LogP contribution is 2.22. The molecule has 1 saturated heterocycles. The maximum Gasteiger partial charge on any atom is 0.0700 e. The molecule has 2 nitrogen and oxygen atoms in total. The average Bonchev–Trinajstić information content (AvgIpc) is 2.68. The zero-order chi connectivity index (χ0) is 12.4. The predicted octanol–water partition coefficient (Wildman–Crippen LogP) is 3.13. The molecule has 0 saturated carbocycles. The standard InChI is InChI=1S/C15H23NO/c1-10-5-6-11(2)14(9-10)12(3)16-15-7-8-17-13(15)4/h5-6,9,12-13,15-16H,7-8H2,1-4H3. The van der Waals surface area contributed by atoms with Crippen molar-refractivity contribution in [2.24, 2.45) is 0 Å². The SMILES string of the molecule is Cc1ccc(C)c(C(C)NC2CCOC2C)c1. The Bertz CT molecular complexity index is 389. The summed E-state index contributed by atoms with van der Waals surface area (Å²) in [6, 6.07) is 7.55. The van der Waals surface area contributed by atoms with Crippen molar-refractivity contribution in [3.63, 3.8) is 0 Å². The predicted molar refractivity (Wildman–Crippen MR) is 71.3 cm³/mol. The third-order valence-electron chi connectivity index (χ3n) is 3.74. The van der Waals surface area contributed by atoms with Crippen molar-refractivity contribution in [1.82, 2.24) is 5.32 Å². The molecule has 1 aromatic rings. The molecule has 1 heterocycles. The van der Waals surface area contributed by atoms with Crippen LogP contribution in [0, 0.1) is 13.8 Å². The normalized spacial score (nSPS) is 26.1. The van der Waals surface area contributed by atoms with E-state index in [2.05, 4.69) is 51.2 Å². The molecule has 2 rings (SSSR count). The van der Waals surface area contributed by atoms with Gasteiger partial charge in [-0.05, 0) is 45.2 Å². The Morgan fingerprint density at radius 2 is 2.12 bits per heavy atom. The number of hydrogen-bond donors (Lipinski definition) is 1. The van der Waals surface area contributed by atoms with E-state index >= 15 is 0 Å². The summed E-state index contributed by atoms with van der Waals surface area (Å²) in [5.41, 5.74) is 4.10. The van der Waals surface area contributed by atoms with Gasteiger partial charge in [0.25, 0.3) is 0 Å². The van der Waals surface area contributed by atoms with E-state index in [1.807, 2.05) is 0 Å². The van der Waals surface area contributed by atoms with E-state index in [0.29, 0.717) is 18.2 Å². The summed E-state index contributed by atoms with van der Waals surface area (Å²) < 4.78 is 5.59. The van der Waals surface area contributed by atoms with Gasteiger partial charge < -0.3 is 10.1 Å². The molecule has 1 fully saturated rings. The summed E-state index contributed by atoms with van der Waals surface area (Å²) in [6.07, 6.45) is 1.46. The molecule has 1 aromatic carbocycles. The fraction of sp³-hybridized carbons (Fsp3) is 0.600. The van der Waals surface area contributed by atoms with Crippen molar-refractivity contribution >= 4 is 0 Å². The molecule has 17 heavy (non-hydrogen) atoms. The molecular weight excluding hydrogens is 210 g/mol. The highest BCUT2D eigenvalue weighted by Gasteiger charge is 2.25. The topological polar surface area (TPSA) is 21.3 Å². The van der Waals surface area contributed by atoms with Gasteiger partial charge >= 0.3 is 0 Å². The molecule has 0 aliphatic carbocycles. The van der Waals surface area contributed by atoms with Crippen molar-refractivity contribution in [3.05, 3.63) is 34.9 Å². The number of hydrogen-bond acceptors (Lipinski definition) is 2. The minimum atomic E-state index is 0.336. The molecule has 0 radical (unpaired) electrons. The number of ether oxygens (including phenoxy) is 1. The zero-order valence-corrected chi connectivity index (χ0v) is 11.3. The first-order valence-corrected chi connectivity index (χ1v) is 6.52. The van der Waals surface area contributed by atoms with Gasteiger partial charge in [0, 0.05) is 18.7 Å². The van der Waals surface area contributed by atoms with Crippen LogP contribution < -0.4 is 5.32 Å². The van der Waals surface area contributed by atoms with Crippen LogP contribution in [-0.2, 0) is 4.74 Å². The summed E-state index contributed by atoms with van der Waals surface area (Å²) in [4.78, 5) is 0. The van der Waals surface area contributed by atoms with E-state index in [-0.39, 0.29) is 0 Å². The summed E-state index contributed by atoms with van der Waals surface area (Å²) >= 11 is 0. The van der Waals surface area contributed by atoms with Gasteiger partial charge in [-0.15, -0.1) is 0 Å². The first-order chi connectivity index (χ1) is 8.08. The third kappa shape index (κ3) is 2.88. The Hall–Kier alpha value is -0.860. The van der Waals surface area contributed by atoms with Crippen LogP contribution in [0.25, 0.3) is 0 Å². The fourth-order valence-corrected chi connectivity index (χ4v) is 2.59. The van der Waals surface area contributed by atoms with Crippen LogP contribution in [0.4, 0.5) is 0 Å². The highest BCUT2D eigenvalue weighted by molar-refractivity contribution is 5.32. The van der Waals surface area contributed by atoms with Gasteiger partial charge in [0.15, 0.2) is 0 Å². The van der Waals surface area contributed by atoms with Crippen LogP contribution in [0.2, 0.25) is 0 Å². The molecule has 1 aliphatic heterocycles. The number of aryl methyl sites for hydroxylation is 2. The Morgan fingerprint density at radius 1 is 1.35 bits per heavy atom. The largest absolute Gasteiger partial charge is 0.377 e. The van der Waals surface area contributed by atoms with Crippen LogP contribution in [-0.4, -0.2) is 18.8 Å². The van der Waals surface area contributed by atoms with Gasteiger partial charge in [-0.3, -0.25) is 0 Å². The summed E-state index contributed by atoms with van der Waals surface area (Å²) in [7, 11) is 0. The fourth-order valence-electron chi connectivity index (χ4n) is 2.59. The van der Waals surface area contributed by atoms with Gasteiger partial charge in [-0.2, -0.15) is 0 Å².